The number of nitrogens with two attached hydrogens (primary N) is 1. The Kier molecular flexibility index (Phi) is 6.43. The maximum absolute atomic E-state index is 13.3. The molecule has 1 aliphatic rings. The molecule has 5 rings (SSSR count). The van der Waals surface area contributed by atoms with E-state index < -0.39 is 5.92 Å². The average Bonchev–Trinajstić information content (AvgIpc) is 3.26. The maximum atomic E-state index is 13.3. The van der Waals surface area contributed by atoms with Crippen LogP contribution in [-0.4, -0.2) is 24.6 Å². The minimum absolute atomic E-state index is 0.155. The van der Waals surface area contributed by atoms with Gasteiger partial charge in [0.15, 0.2) is 0 Å². The molecule has 0 aliphatic carbocycles. The summed E-state index contributed by atoms with van der Waals surface area (Å²) in [6.45, 7) is 0.447. The standard InChI is InChI=1S/C30H26N4O2/c1-34(24-10-6-3-7-11-24)30(36)22-14-17-26-25(18-22)27(29(35)33-26)28(21-8-4-2-5-9-21)32-23-15-12-20(19-31)13-16-23/h2-18,27H,19,31H2,1H3,(H,33,35). The van der Waals surface area contributed by atoms with Crippen molar-refractivity contribution >= 4 is 34.6 Å². The van der Waals surface area contributed by atoms with Crippen molar-refractivity contribution in [2.24, 2.45) is 10.7 Å². The van der Waals surface area contributed by atoms with Crippen LogP contribution in [0.5, 0.6) is 0 Å². The molecule has 1 heterocycles. The molecule has 1 unspecified atom stereocenters. The molecule has 0 fully saturated rings. The zero-order valence-corrected chi connectivity index (χ0v) is 19.9. The number of amides is 2. The summed E-state index contributed by atoms with van der Waals surface area (Å²) in [5.74, 6) is -0.990. The second-order valence-electron chi connectivity index (χ2n) is 8.66. The number of nitrogens with zero attached hydrogens (tertiary/aromatic N) is 2. The van der Waals surface area contributed by atoms with Gasteiger partial charge in [-0.25, -0.2) is 0 Å². The lowest BCUT2D eigenvalue weighted by Crippen LogP contribution is -2.26. The van der Waals surface area contributed by atoms with Crippen LogP contribution in [0.15, 0.2) is 108 Å². The highest BCUT2D eigenvalue weighted by Crippen LogP contribution is 2.37. The molecule has 3 N–H and O–H groups in total. The number of carbonyl (C=O) groups excluding carboxylic acids is 2. The lowest BCUT2D eigenvalue weighted by Gasteiger charge is -2.18. The summed E-state index contributed by atoms with van der Waals surface area (Å²) in [5.41, 5.74) is 11.6. The van der Waals surface area contributed by atoms with Crippen molar-refractivity contribution in [2.45, 2.75) is 12.5 Å². The molecule has 178 valence electrons. The van der Waals surface area contributed by atoms with Crippen molar-refractivity contribution in [1.29, 1.82) is 0 Å². The van der Waals surface area contributed by atoms with E-state index in [4.69, 9.17) is 10.7 Å². The van der Waals surface area contributed by atoms with Crippen LogP contribution < -0.4 is 16.0 Å². The molecule has 0 aromatic heterocycles. The molecule has 4 aromatic rings. The van der Waals surface area contributed by atoms with Crippen LogP contribution in [0.4, 0.5) is 17.1 Å². The SMILES string of the molecule is CN(C(=O)c1ccc2c(c1)C(C(=Nc1ccc(CN)cc1)c1ccccc1)C(=O)N2)c1ccccc1. The second kappa shape index (κ2) is 9.98. The zero-order valence-electron chi connectivity index (χ0n) is 19.9. The summed E-state index contributed by atoms with van der Waals surface area (Å²) >= 11 is 0. The van der Waals surface area contributed by atoms with Crippen LogP contribution in [0.25, 0.3) is 0 Å². The minimum atomic E-state index is -0.661. The summed E-state index contributed by atoms with van der Waals surface area (Å²) in [6, 6.07) is 32.1. The van der Waals surface area contributed by atoms with E-state index in [0.717, 1.165) is 28.1 Å². The number of benzene rings is 4. The van der Waals surface area contributed by atoms with Gasteiger partial charge < -0.3 is 16.0 Å². The largest absolute Gasteiger partial charge is 0.326 e. The number of anilines is 2. The fourth-order valence-corrected chi connectivity index (χ4v) is 4.38. The Hall–Kier alpha value is -4.55. The molecular weight excluding hydrogens is 448 g/mol. The van der Waals surface area contributed by atoms with Gasteiger partial charge >= 0.3 is 0 Å². The molecule has 0 radical (unpaired) electrons. The first kappa shape index (κ1) is 23.2. The predicted octanol–water partition coefficient (Wildman–Crippen LogP) is 5.28. The highest BCUT2D eigenvalue weighted by atomic mass is 16.2. The number of para-hydroxylation sites is 1. The van der Waals surface area contributed by atoms with Crippen molar-refractivity contribution in [1.82, 2.24) is 0 Å². The molecule has 36 heavy (non-hydrogen) atoms. The highest BCUT2D eigenvalue weighted by molar-refractivity contribution is 6.24. The smallest absolute Gasteiger partial charge is 0.258 e. The fourth-order valence-electron chi connectivity index (χ4n) is 4.38. The van der Waals surface area contributed by atoms with Gasteiger partial charge in [0.1, 0.15) is 5.92 Å². The van der Waals surface area contributed by atoms with Crippen molar-refractivity contribution in [3.05, 3.63) is 125 Å². The van der Waals surface area contributed by atoms with E-state index >= 15 is 0 Å². The molecule has 0 bridgehead atoms. The van der Waals surface area contributed by atoms with E-state index in [2.05, 4.69) is 5.32 Å². The van der Waals surface area contributed by atoms with Gasteiger partial charge in [0, 0.05) is 30.5 Å². The van der Waals surface area contributed by atoms with Crippen LogP contribution in [0.2, 0.25) is 0 Å². The van der Waals surface area contributed by atoms with Crippen LogP contribution >= 0.6 is 0 Å². The van der Waals surface area contributed by atoms with Gasteiger partial charge in [0.05, 0.1) is 11.4 Å². The van der Waals surface area contributed by atoms with Gasteiger partial charge in [-0.2, -0.15) is 0 Å². The molecule has 0 spiro atoms. The third-order valence-electron chi connectivity index (χ3n) is 6.34. The van der Waals surface area contributed by atoms with Gasteiger partial charge in [-0.3, -0.25) is 14.6 Å². The van der Waals surface area contributed by atoms with Crippen molar-refractivity contribution < 1.29 is 9.59 Å². The van der Waals surface area contributed by atoms with Gasteiger partial charge in [-0.1, -0.05) is 60.7 Å². The first-order valence-corrected chi connectivity index (χ1v) is 11.8. The van der Waals surface area contributed by atoms with Crippen molar-refractivity contribution in [2.75, 3.05) is 17.3 Å². The molecule has 2 amide bonds. The predicted molar refractivity (Wildman–Crippen MR) is 144 cm³/mol. The summed E-state index contributed by atoms with van der Waals surface area (Å²) in [7, 11) is 1.74. The van der Waals surface area contributed by atoms with E-state index in [1.165, 1.54) is 0 Å². The van der Waals surface area contributed by atoms with E-state index in [9.17, 15) is 9.59 Å². The van der Waals surface area contributed by atoms with Crippen LogP contribution in [0.3, 0.4) is 0 Å². The average molecular weight is 475 g/mol. The second-order valence-corrected chi connectivity index (χ2v) is 8.66. The lowest BCUT2D eigenvalue weighted by molar-refractivity contribution is -0.115. The zero-order chi connectivity index (χ0) is 25.1. The minimum Gasteiger partial charge on any atom is -0.326 e. The summed E-state index contributed by atoms with van der Waals surface area (Å²) in [6.07, 6.45) is 0. The molecule has 0 saturated carbocycles. The van der Waals surface area contributed by atoms with E-state index in [-0.39, 0.29) is 11.8 Å². The molecule has 6 heteroatoms. The van der Waals surface area contributed by atoms with Gasteiger partial charge in [-0.15, -0.1) is 0 Å². The number of rotatable bonds is 6. The molecule has 0 saturated heterocycles. The molecule has 1 atom stereocenters. The van der Waals surface area contributed by atoms with E-state index in [1.54, 1.807) is 30.1 Å². The number of carbonyl (C=O) groups is 2. The van der Waals surface area contributed by atoms with Crippen LogP contribution in [0.1, 0.15) is 33.0 Å². The number of fused-ring (bicyclic) bond motifs is 1. The Balaban J connectivity index is 1.57. The molecular formula is C30H26N4O2. The lowest BCUT2D eigenvalue weighted by atomic mass is 9.89. The normalized spacial score (nSPS) is 14.8. The third kappa shape index (κ3) is 4.54. The van der Waals surface area contributed by atoms with Crippen molar-refractivity contribution in [3.63, 3.8) is 0 Å². The topological polar surface area (TPSA) is 87.8 Å². The summed E-state index contributed by atoms with van der Waals surface area (Å²) in [5, 5.41) is 2.97. The van der Waals surface area contributed by atoms with Gasteiger partial charge in [-0.05, 0) is 59.2 Å². The molecule has 4 aromatic carbocycles. The number of nitrogens with one attached hydrogen (secondary N) is 1. The third-order valence-corrected chi connectivity index (χ3v) is 6.34. The number of hydrogen-bond acceptors (Lipinski definition) is 4. The Morgan fingerprint density at radius 3 is 2.22 bits per heavy atom. The Morgan fingerprint density at radius 2 is 1.56 bits per heavy atom. The van der Waals surface area contributed by atoms with Crippen LogP contribution in [-0.2, 0) is 11.3 Å². The quantitative estimate of drug-likeness (QED) is 0.373. The summed E-state index contributed by atoms with van der Waals surface area (Å²) in [4.78, 5) is 33.1. The highest BCUT2D eigenvalue weighted by Gasteiger charge is 2.36. The van der Waals surface area contributed by atoms with Crippen molar-refractivity contribution in [3.8, 4) is 0 Å². The Bertz CT molecular complexity index is 1430. The number of aliphatic imine (C=N–C) groups is 1. The number of hydrogen-bond donors (Lipinski definition) is 2. The maximum Gasteiger partial charge on any atom is 0.258 e. The fraction of sp³-hybridized carbons (Fsp3) is 0.100. The monoisotopic (exact) mass is 474 g/mol. The first-order chi connectivity index (χ1) is 17.5. The van der Waals surface area contributed by atoms with E-state index in [0.29, 0.717) is 23.5 Å². The van der Waals surface area contributed by atoms with Gasteiger partial charge in [0.2, 0.25) is 5.91 Å². The molecule has 1 aliphatic heterocycles. The Labute approximate surface area is 210 Å². The van der Waals surface area contributed by atoms with Gasteiger partial charge in [0.25, 0.3) is 5.91 Å². The van der Waals surface area contributed by atoms with E-state index in [1.807, 2.05) is 84.9 Å². The van der Waals surface area contributed by atoms with Crippen LogP contribution in [0, 0.1) is 0 Å². The first-order valence-electron chi connectivity index (χ1n) is 11.8. The Morgan fingerprint density at radius 1 is 0.889 bits per heavy atom. The summed E-state index contributed by atoms with van der Waals surface area (Å²) < 4.78 is 0. The molecule has 6 nitrogen and oxygen atoms in total.